The van der Waals surface area contributed by atoms with Crippen LogP contribution < -0.4 is 4.72 Å². The summed E-state index contributed by atoms with van der Waals surface area (Å²) in [7, 11) is 1.98. The van der Waals surface area contributed by atoms with Crippen LogP contribution in [-0.4, -0.2) is 18.9 Å². The third-order valence-corrected chi connectivity index (χ3v) is 4.15. The van der Waals surface area contributed by atoms with Crippen molar-refractivity contribution in [2.75, 3.05) is 0 Å². The molecule has 0 bridgehead atoms. The smallest absolute Gasteiger partial charge is 0.136 e. The van der Waals surface area contributed by atoms with E-state index in [4.69, 9.17) is 0 Å². The lowest BCUT2D eigenvalue weighted by Crippen LogP contribution is -2.39. The van der Waals surface area contributed by atoms with E-state index in [9.17, 15) is 4.55 Å². The van der Waals surface area contributed by atoms with Gasteiger partial charge in [-0.05, 0) is 34.6 Å². The fourth-order valence-electron chi connectivity index (χ4n) is 1.29. The summed E-state index contributed by atoms with van der Waals surface area (Å²) in [5, 5.41) is 0. The van der Waals surface area contributed by atoms with Gasteiger partial charge < -0.3 is 9.12 Å². The van der Waals surface area contributed by atoms with Gasteiger partial charge in [-0.3, -0.25) is 0 Å². The van der Waals surface area contributed by atoms with Crippen molar-refractivity contribution in [3.8, 4) is 0 Å². The molecule has 1 aromatic rings. The van der Waals surface area contributed by atoms with E-state index < -0.39 is 11.4 Å². The Morgan fingerprint density at radius 3 is 2.31 bits per heavy atom. The van der Waals surface area contributed by atoms with Gasteiger partial charge in [-0.1, -0.05) is 0 Å². The number of hydrogen-bond donors (Lipinski definition) is 1. The Hall–Kier alpha value is -0.520. The number of nitrogens with one attached hydrogen (secondary N) is 1. The zero-order chi connectivity index (χ0) is 12.5. The molecule has 0 saturated heterocycles. The highest BCUT2D eigenvalue weighted by Crippen LogP contribution is 2.14. The molecular weight excluding hydrogens is 222 g/mol. The largest absolute Gasteiger partial charge is 0.598 e. The van der Waals surface area contributed by atoms with E-state index in [0.29, 0.717) is 6.54 Å². The lowest BCUT2D eigenvalue weighted by Gasteiger charge is -2.23. The minimum Gasteiger partial charge on any atom is -0.598 e. The standard InChI is InChI=1S/C11H21N3OS/c1-8-9(2)14(6)10(13-8)7-12-16(15)11(3,4)5/h12H,7H2,1-6H3. The normalized spacial score (nSPS) is 14.2. The first-order valence-electron chi connectivity index (χ1n) is 5.37. The number of aryl methyl sites for hydroxylation is 1. The van der Waals surface area contributed by atoms with Crippen molar-refractivity contribution in [2.45, 2.75) is 45.9 Å². The topological polar surface area (TPSA) is 52.9 Å². The van der Waals surface area contributed by atoms with Crippen LogP contribution in [0.15, 0.2) is 0 Å². The van der Waals surface area contributed by atoms with E-state index in [2.05, 4.69) is 9.71 Å². The van der Waals surface area contributed by atoms with Gasteiger partial charge in [0.2, 0.25) is 0 Å². The van der Waals surface area contributed by atoms with E-state index in [0.717, 1.165) is 17.2 Å². The SMILES string of the molecule is Cc1nc(CN[S+]([O-])C(C)(C)C)n(C)c1C. The molecule has 0 aliphatic heterocycles. The highest BCUT2D eigenvalue weighted by molar-refractivity contribution is 7.90. The predicted octanol–water partition coefficient (Wildman–Crippen LogP) is 1.59. The fraction of sp³-hybridized carbons (Fsp3) is 0.727. The maximum atomic E-state index is 11.8. The molecule has 16 heavy (non-hydrogen) atoms. The van der Waals surface area contributed by atoms with Crippen LogP contribution in [0.4, 0.5) is 0 Å². The number of imidazole rings is 1. The Bertz CT molecular complexity index is 368. The molecular formula is C11H21N3OS. The summed E-state index contributed by atoms with van der Waals surface area (Å²) in [6.45, 7) is 10.4. The lowest BCUT2D eigenvalue weighted by atomic mass is 10.3. The van der Waals surface area contributed by atoms with Gasteiger partial charge in [0.25, 0.3) is 0 Å². The molecule has 92 valence electrons. The number of nitrogens with zero attached hydrogens (tertiary/aromatic N) is 2. The van der Waals surface area contributed by atoms with Gasteiger partial charge in [0.1, 0.15) is 10.6 Å². The van der Waals surface area contributed by atoms with Gasteiger partial charge in [-0.15, -0.1) is 4.72 Å². The third kappa shape index (κ3) is 2.99. The summed E-state index contributed by atoms with van der Waals surface area (Å²) in [6.07, 6.45) is 0. The van der Waals surface area contributed by atoms with Crippen molar-refractivity contribution in [3.63, 3.8) is 0 Å². The van der Waals surface area contributed by atoms with E-state index >= 15 is 0 Å². The van der Waals surface area contributed by atoms with Crippen LogP contribution in [0.5, 0.6) is 0 Å². The molecule has 0 spiro atoms. The van der Waals surface area contributed by atoms with Crippen molar-refractivity contribution < 1.29 is 4.55 Å². The first-order valence-corrected chi connectivity index (χ1v) is 6.52. The average Bonchev–Trinajstić information content (AvgIpc) is 2.41. The van der Waals surface area contributed by atoms with Crippen LogP contribution in [0.3, 0.4) is 0 Å². The zero-order valence-corrected chi connectivity index (χ0v) is 11.7. The van der Waals surface area contributed by atoms with Crippen molar-refractivity contribution in [3.05, 3.63) is 17.2 Å². The van der Waals surface area contributed by atoms with E-state index in [1.54, 1.807) is 0 Å². The summed E-state index contributed by atoms with van der Waals surface area (Å²) >= 11 is -1.05. The highest BCUT2D eigenvalue weighted by Gasteiger charge is 2.26. The quantitative estimate of drug-likeness (QED) is 0.820. The van der Waals surface area contributed by atoms with Crippen molar-refractivity contribution in [2.24, 2.45) is 7.05 Å². The summed E-state index contributed by atoms with van der Waals surface area (Å²) < 4.78 is 16.6. The minimum absolute atomic E-state index is 0.241. The van der Waals surface area contributed by atoms with Crippen LogP contribution in [0.2, 0.25) is 0 Å². The van der Waals surface area contributed by atoms with Crippen LogP contribution in [-0.2, 0) is 25.0 Å². The van der Waals surface area contributed by atoms with Gasteiger partial charge in [0, 0.05) is 24.1 Å². The molecule has 0 aromatic carbocycles. The van der Waals surface area contributed by atoms with Gasteiger partial charge in [0.05, 0.1) is 12.2 Å². The monoisotopic (exact) mass is 243 g/mol. The highest BCUT2D eigenvalue weighted by atomic mass is 32.2. The van der Waals surface area contributed by atoms with Gasteiger partial charge >= 0.3 is 0 Å². The molecule has 0 fully saturated rings. The summed E-state index contributed by atoms with van der Waals surface area (Å²) in [5.74, 6) is 0.924. The summed E-state index contributed by atoms with van der Waals surface area (Å²) in [4.78, 5) is 4.43. The summed E-state index contributed by atoms with van der Waals surface area (Å²) in [5.41, 5.74) is 2.18. The molecule has 0 radical (unpaired) electrons. The molecule has 1 unspecified atom stereocenters. The molecule has 0 aliphatic carbocycles. The van der Waals surface area contributed by atoms with Crippen molar-refractivity contribution in [1.29, 1.82) is 0 Å². The van der Waals surface area contributed by atoms with Crippen LogP contribution >= 0.6 is 0 Å². The van der Waals surface area contributed by atoms with Gasteiger partial charge in [0.15, 0.2) is 0 Å². The average molecular weight is 243 g/mol. The molecule has 1 atom stereocenters. The molecule has 1 N–H and O–H groups in total. The Balaban J connectivity index is 2.65. The second kappa shape index (κ2) is 4.77. The van der Waals surface area contributed by atoms with Gasteiger partial charge in [-0.25, -0.2) is 4.98 Å². The van der Waals surface area contributed by atoms with Crippen LogP contribution in [0, 0.1) is 13.8 Å². The molecule has 1 heterocycles. The van der Waals surface area contributed by atoms with Crippen molar-refractivity contribution >= 4 is 11.4 Å². The van der Waals surface area contributed by atoms with Crippen molar-refractivity contribution in [1.82, 2.24) is 14.3 Å². The Morgan fingerprint density at radius 2 is 1.94 bits per heavy atom. The molecule has 4 nitrogen and oxygen atoms in total. The Kier molecular flexibility index (Phi) is 4.04. The van der Waals surface area contributed by atoms with Gasteiger partial charge in [-0.2, -0.15) is 0 Å². The van der Waals surface area contributed by atoms with E-state index in [1.165, 1.54) is 0 Å². The fourth-order valence-corrected chi connectivity index (χ4v) is 1.98. The molecule has 0 saturated carbocycles. The lowest BCUT2D eigenvalue weighted by molar-refractivity contribution is 0.541. The molecule has 5 heteroatoms. The second-order valence-corrected chi connectivity index (χ2v) is 7.01. The second-order valence-electron chi connectivity index (χ2n) is 4.96. The van der Waals surface area contributed by atoms with E-state index in [-0.39, 0.29) is 4.75 Å². The Labute approximate surface area is 101 Å². The maximum Gasteiger partial charge on any atom is 0.136 e. The molecule has 1 rings (SSSR count). The Morgan fingerprint density at radius 1 is 1.38 bits per heavy atom. The van der Waals surface area contributed by atoms with Crippen LogP contribution in [0.25, 0.3) is 0 Å². The maximum absolute atomic E-state index is 11.8. The third-order valence-electron chi connectivity index (χ3n) is 2.63. The predicted molar refractivity (Wildman–Crippen MR) is 67.4 cm³/mol. The number of rotatable bonds is 3. The number of aromatic nitrogens is 2. The van der Waals surface area contributed by atoms with Crippen LogP contribution in [0.1, 0.15) is 38.0 Å². The molecule has 0 aliphatic rings. The van der Waals surface area contributed by atoms with E-state index in [1.807, 2.05) is 46.2 Å². The molecule has 1 aromatic heterocycles. The summed E-state index contributed by atoms with van der Waals surface area (Å²) in [6, 6.07) is 0. The number of hydrogen-bond acceptors (Lipinski definition) is 3. The first kappa shape index (κ1) is 13.5. The minimum atomic E-state index is -1.05. The molecule has 0 amide bonds. The first-order chi connectivity index (χ1) is 7.23. The zero-order valence-electron chi connectivity index (χ0n) is 10.9.